The van der Waals surface area contributed by atoms with Crippen molar-refractivity contribution in [1.82, 2.24) is 4.98 Å². The van der Waals surface area contributed by atoms with Gasteiger partial charge in [-0.1, -0.05) is 6.07 Å². The molecule has 2 heterocycles. The fraction of sp³-hybridized carbons (Fsp3) is 0.333. The maximum Gasteiger partial charge on any atom is 0.340 e. The van der Waals surface area contributed by atoms with E-state index in [1.165, 1.54) is 0 Å². The summed E-state index contributed by atoms with van der Waals surface area (Å²) in [5.74, 6) is -0.324. The van der Waals surface area contributed by atoms with E-state index >= 15 is 0 Å². The molecule has 2 aromatic rings. The number of pyridine rings is 1. The second kappa shape index (κ2) is 5.13. The van der Waals surface area contributed by atoms with E-state index in [0.29, 0.717) is 11.3 Å². The first-order valence-electron chi connectivity index (χ1n) is 6.12. The van der Waals surface area contributed by atoms with Crippen molar-refractivity contribution in [2.45, 2.75) is 33.3 Å². The molecule has 0 saturated heterocycles. The highest BCUT2D eigenvalue weighted by molar-refractivity contribution is 7.13. The molecular weight excluding hydrogens is 258 g/mol. The van der Waals surface area contributed by atoms with Crippen molar-refractivity contribution in [3.8, 4) is 10.6 Å². The van der Waals surface area contributed by atoms with Gasteiger partial charge in [-0.2, -0.15) is 0 Å². The maximum absolute atomic E-state index is 12.0. The van der Waals surface area contributed by atoms with Crippen LogP contribution in [0.4, 0.5) is 0 Å². The Hall–Kier alpha value is -1.68. The Bertz CT molecular complexity index is 583. The molecule has 2 rings (SSSR count). The van der Waals surface area contributed by atoms with Crippen LogP contribution in [0.15, 0.2) is 29.6 Å². The molecule has 19 heavy (non-hydrogen) atoms. The minimum absolute atomic E-state index is 0.324. The second-order valence-corrected chi connectivity index (χ2v) is 6.26. The van der Waals surface area contributed by atoms with Crippen molar-refractivity contribution < 1.29 is 9.53 Å². The smallest absolute Gasteiger partial charge is 0.340 e. The predicted molar refractivity (Wildman–Crippen MR) is 77.5 cm³/mol. The average molecular weight is 275 g/mol. The van der Waals surface area contributed by atoms with E-state index in [-0.39, 0.29) is 5.97 Å². The first-order valence-corrected chi connectivity index (χ1v) is 7.00. The Morgan fingerprint density at radius 3 is 2.53 bits per heavy atom. The lowest BCUT2D eigenvalue weighted by atomic mass is 10.1. The van der Waals surface area contributed by atoms with E-state index in [4.69, 9.17) is 4.74 Å². The van der Waals surface area contributed by atoms with Crippen LogP contribution in [0.3, 0.4) is 0 Å². The molecule has 0 N–H and O–H groups in total. The van der Waals surface area contributed by atoms with Crippen LogP contribution in [-0.2, 0) is 4.74 Å². The number of ether oxygens (including phenoxy) is 1. The largest absolute Gasteiger partial charge is 0.456 e. The van der Waals surface area contributed by atoms with Crippen LogP contribution >= 0.6 is 11.3 Å². The van der Waals surface area contributed by atoms with Gasteiger partial charge in [0.15, 0.2) is 0 Å². The molecule has 0 bridgehead atoms. The SMILES string of the molecule is Cc1nc(-c2cccs2)ccc1C(=O)OC(C)(C)C. The topological polar surface area (TPSA) is 39.2 Å². The van der Waals surface area contributed by atoms with Crippen molar-refractivity contribution >= 4 is 17.3 Å². The van der Waals surface area contributed by atoms with E-state index in [1.54, 1.807) is 17.4 Å². The highest BCUT2D eigenvalue weighted by Gasteiger charge is 2.20. The normalized spacial score (nSPS) is 11.4. The molecule has 0 aliphatic rings. The number of hydrogen-bond donors (Lipinski definition) is 0. The zero-order chi connectivity index (χ0) is 14.0. The Balaban J connectivity index is 2.27. The number of esters is 1. The standard InChI is InChI=1S/C15H17NO2S/c1-10-11(14(17)18-15(2,3)4)7-8-12(16-10)13-6-5-9-19-13/h5-9H,1-4H3. The van der Waals surface area contributed by atoms with Crippen LogP contribution in [-0.4, -0.2) is 16.6 Å². The summed E-state index contributed by atoms with van der Waals surface area (Å²) in [6.07, 6.45) is 0. The lowest BCUT2D eigenvalue weighted by Crippen LogP contribution is -2.24. The van der Waals surface area contributed by atoms with E-state index in [9.17, 15) is 4.79 Å². The third-order valence-electron chi connectivity index (χ3n) is 2.48. The molecule has 0 amide bonds. The molecule has 0 fully saturated rings. The quantitative estimate of drug-likeness (QED) is 0.775. The van der Waals surface area contributed by atoms with Crippen molar-refractivity contribution in [3.63, 3.8) is 0 Å². The molecule has 0 atom stereocenters. The van der Waals surface area contributed by atoms with Crippen LogP contribution < -0.4 is 0 Å². The second-order valence-electron chi connectivity index (χ2n) is 5.31. The van der Waals surface area contributed by atoms with E-state index in [1.807, 2.05) is 51.3 Å². The van der Waals surface area contributed by atoms with Crippen molar-refractivity contribution in [1.29, 1.82) is 0 Å². The number of hydrogen-bond acceptors (Lipinski definition) is 4. The van der Waals surface area contributed by atoms with Gasteiger partial charge >= 0.3 is 5.97 Å². The maximum atomic E-state index is 12.0. The van der Waals surface area contributed by atoms with Gasteiger partial charge in [0.1, 0.15) is 5.60 Å². The molecule has 0 saturated carbocycles. The van der Waals surface area contributed by atoms with Crippen molar-refractivity contribution in [2.75, 3.05) is 0 Å². The van der Waals surface area contributed by atoms with Crippen molar-refractivity contribution in [3.05, 3.63) is 40.9 Å². The molecule has 4 heteroatoms. The predicted octanol–water partition coefficient (Wildman–Crippen LogP) is 4.07. The third-order valence-corrected chi connectivity index (χ3v) is 3.37. The summed E-state index contributed by atoms with van der Waals surface area (Å²) < 4.78 is 5.36. The number of nitrogens with zero attached hydrogens (tertiary/aromatic N) is 1. The Morgan fingerprint density at radius 2 is 2.00 bits per heavy atom. The summed E-state index contributed by atoms with van der Waals surface area (Å²) in [5.41, 5.74) is 1.62. The van der Waals surface area contributed by atoms with Gasteiger partial charge < -0.3 is 4.74 Å². The molecular formula is C15H17NO2S. The Kier molecular flexibility index (Phi) is 3.71. The molecule has 0 aliphatic carbocycles. The number of rotatable bonds is 2. The fourth-order valence-electron chi connectivity index (χ4n) is 1.67. The highest BCUT2D eigenvalue weighted by atomic mass is 32.1. The average Bonchev–Trinajstić information content (AvgIpc) is 2.79. The van der Waals surface area contributed by atoms with Crippen LogP contribution in [0.5, 0.6) is 0 Å². The Labute approximate surface area is 117 Å². The molecule has 0 radical (unpaired) electrons. The molecule has 0 aliphatic heterocycles. The van der Waals surface area contributed by atoms with Gasteiger partial charge in [0, 0.05) is 0 Å². The molecule has 100 valence electrons. The van der Waals surface area contributed by atoms with E-state index in [0.717, 1.165) is 10.6 Å². The van der Waals surface area contributed by atoms with Crippen LogP contribution in [0.2, 0.25) is 0 Å². The minimum Gasteiger partial charge on any atom is -0.456 e. The zero-order valence-corrected chi connectivity index (χ0v) is 12.4. The van der Waals surface area contributed by atoms with Gasteiger partial charge in [0.2, 0.25) is 0 Å². The lowest BCUT2D eigenvalue weighted by molar-refractivity contribution is 0.00683. The summed E-state index contributed by atoms with van der Waals surface area (Å²) in [6.45, 7) is 7.39. The molecule has 3 nitrogen and oxygen atoms in total. The number of aryl methyl sites for hydroxylation is 1. The van der Waals surface area contributed by atoms with Crippen LogP contribution in [0.25, 0.3) is 10.6 Å². The molecule has 2 aromatic heterocycles. The number of carbonyl (C=O) groups is 1. The van der Waals surface area contributed by atoms with Gasteiger partial charge in [0.05, 0.1) is 21.8 Å². The van der Waals surface area contributed by atoms with Gasteiger partial charge in [-0.15, -0.1) is 11.3 Å². The van der Waals surface area contributed by atoms with Gasteiger partial charge in [-0.25, -0.2) is 4.79 Å². The summed E-state index contributed by atoms with van der Waals surface area (Å²) in [6, 6.07) is 7.64. The summed E-state index contributed by atoms with van der Waals surface area (Å²) in [5, 5.41) is 2.01. The molecule has 0 aromatic carbocycles. The fourth-order valence-corrected chi connectivity index (χ4v) is 2.37. The third kappa shape index (κ3) is 3.41. The Morgan fingerprint density at radius 1 is 1.26 bits per heavy atom. The van der Waals surface area contributed by atoms with Gasteiger partial charge in [0.25, 0.3) is 0 Å². The number of aromatic nitrogens is 1. The zero-order valence-electron chi connectivity index (χ0n) is 11.6. The van der Waals surface area contributed by atoms with Gasteiger partial charge in [-0.05, 0) is 51.3 Å². The lowest BCUT2D eigenvalue weighted by Gasteiger charge is -2.20. The molecule has 0 unspecified atom stereocenters. The van der Waals surface area contributed by atoms with Crippen LogP contribution in [0.1, 0.15) is 36.8 Å². The van der Waals surface area contributed by atoms with Crippen LogP contribution in [0, 0.1) is 6.92 Å². The van der Waals surface area contributed by atoms with Gasteiger partial charge in [-0.3, -0.25) is 4.98 Å². The van der Waals surface area contributed by atoms with E-state index in [2.05, 4.69) is 4.98 Å². The number of thiophene rings is 1. The highest BCUT2D eigenvalue weighted by Crippen LogP contribution is 2.24. The first kappa shape index (κ1) is 13.7. The summed E-state index contributed by atoms with van der Waals surface area (Å²) in [7, 11) is 0. The minimum atomic E-state index is -0.490. The van der Waals surface area contributed by atoms with Crippen molar-refractivity contribution in [2.24, 2.45) is 0 Å². The first-order chi connectivity index (χ1) is 8.87. The number of carbonyl (C=O) groups excluding carboxylic acids is 1. The summed E-state index contributed by atoms with van der Waals surface area (Å²) >= 11 is 1.63. The monoisotopic (exact) mass is 275 g/mol. The summed E-state index contributed by atoms with van der Waals surface area (Å²) in [4.78, 5) is 17.6. The van der Waals surface area contributed by atoms with E-state index < -0.39 is 5.60 Å². The molecule has 0 spiro atoms.